The Balaban J connectivity index is 1.98. The van der Waals surface area contributed by atoms with Crippen molar-refractivity contribution in [1.29, 1.82) is 0 Å². The third kappa shape index (κ3) is 5.30. The molecule has 0 radical (unpaired) electrons. The molecule has 0 fully saturated rings. The Labute approximate surface area is 164 Å². The van der Waals surface area contributed by atoms with Gasteiger partial charge in [0.1, 0.15) is 0 Å². The number of nitrogens with one attached hydrogen (secondary N) is 1. The molecule has 0 aliphatic heterocycles. The largest absolute Gasteiger partial charge is 0.493 e. The smallest absolute Gasteiger partial charge is 0.255 e. The Morgan fingerprint density at radius 2 is 1.75 bits per heavy atom. The van der Waals surface area contributed by atoms with Gasteiger partial charge < -0.3 is 9.47 Å². The van der Waals surface area contributed by atoms with Crippen molar-refractivity contribution in [2.45, 2.75) is 11.8 Å². The number of rotatable bonds is 8. The molecular formula is C19H23N3O5S. The molecule has 2 aromatic rings. The maximum atomic E-state index is 12.5. The molecule has 9 heteroatoms. The van der Waals surface area contributed by atoms with Gasteiger partial charge in [-0.2, -0.15) is 9.41 Å². The first-order valence-electron chi connectivity index (χ1n) is 8.35. The number of carbonyl (C=O) groups excluding carboxylic acids is 1. The van der Waals surface area contributed by atoms with Gasteiger partial charge in [-0.25, -0.2) is 13.8 Å². The number of benzene rings is 2. The Kier molecular flexibility index (Phi) is 7.13. The first kappa shape index (κ1) is 21.4. The highest BCUT2D eigenvalue weighted by Crippen LogP contribution is 2.26. The summed E-state index contributed by atoms with van der Waals surface area (Å²) in [5.41, 5.74) is 3.94. The molecular weight excluding hydrogens is 382 g/mol. The van der Waals surface area contributed by atoms with Gasteiger partial charge in [-0.1, -0.05) is 17.7 Å². The number of methoxy groups -OCH3 is 2. The fourth-order valence-corrected chi connectivity index (χ4v) is 3.45. The minimum absolute atomic E-state index is 0.127. The summed E-state index contributed by atoms with van der Waals surface area (Å²) in [6.07, 6.45) is 1.42. The molecule has 1 N–H and O–H groups in total. The third-order valence-electron chi connectivity index (χ3n) is 3.91. The SMILES string of the molecule is COc1ccc(/C=N/NC(=O)CN(C)S(=O)(=O)c2ccc(C)cc2)cc1OC. The summed E-state index contributed by atoms with van der Waals surface area (Å²) in [6.45, 7) is 1.50. The fourth-order valence-electron chi connectivity index (χ4n) is 2.32. The van der Waals surface area contributed by atoms with E-state index in [0.717, 1.165) is 9.87 Å². The van der Waals surface area contributed by atoms with Gasteiger partial charge in [-0.3, -0.25) is 4.79 Å². The zero-order valence-electron chi connectivity index (χ0n) is 16.2. The lowest BCUT2D eigenvalue weighted by Crippen LogP contribution is -2.36. The Hall–Kier alpha value is -2.91. The zero-order valence-corrected chi connectivity index (χ0v) is 17.0. The molecule has 0 heterocycles. The van der Waals surface area contributed by atoms with Crippen LogP contribution in [0.25, 0.3) is 0 Å². The zero-order chi connectivity index (χ0) is 20.7. The molecule has 2 aromatic carbocycles. The fraction of sp³-hybridized carbons (Fsp3) is 0.263. The lowest BCUT2D eigenvalue weighted by Gasteiger charge is -2.16. The molecule has 0 saturated carbocycles. The maximum absolute atomic E-state index is 12.5. The monoisotopic (exact) mass is 405 g/mol. The van der Waals surface area contributed by atoms with E-state index in [4.69, 9.17) is 9.47 Å². The van der Waals surface area contributed by atoms with Gasteiger partial charge in [0.2, 0.25) is 10.0 Å². The number of likely N-dealkylation sites (N-methyl/N-ethyl adjacent to an activating group) is 1. The molecule has 0 spiro atoms. The van der Waals surface area contributed by atoms with Crippen LogP contribution in [-0.2, 0) is 14.8 Å². The van der Waals surface area contributed by atoms with Crippen molar-refractivity contribution < 1.29 is 22.7 Å². The predicted molar refractivity (Wildman–Crippen MR) is 106 cm³/mol. The van der Waals surface area contributed by atoms with Crippen molar-refractivity contribution in [2.24, 2.45) is 5.10 Å². The van der Waals surface area contributed by atoms with Gasteiger partial charge in [-0.15, -0.1) is 0 Å². The Morgan fingerprint density at radius 3 is 2.36 bits per heavy atom. The van der Waals surface area contributed by atoms with E-state index in [0.29, 0.717) is 17.1 Å². The highest BCUT2D eigenvalue weighted by molar-refractivity contribution is 7.89. The molecule has 0 unspecified atom stereocenters. The summed E-state index contributed by atoms with van der Waals surface area (Å²) in [5.74, 6) is 0.545. The van der Waals surface area contributed by atoms with E-state index in [-0.39, 0.29) is 11.4 Å². The molecule has 1 amide bonds. The summed E-state index contributed by atoms with van der Waals surface area (Å²) in [6, 6.07) is 11.6. The summed E-state index contributed by atoms with van der Waals surface area (Å²) in [4.78, 5) is 12.2. The van der Waals surface area contributed by atoms with Crippen LogP contribution in [-0.4, -0.2) is 52.7 Å². The van der Waals surface area contributed by atoms with E-state index in [9.17, 15) is 13.2 Å². The normalized spacial score (nSPS) is 11.6. The van der Waals surface area contributed by atoms with Crippen LogP contribution in [0.5, 0.6) is 11.5 Å². The minimum Gasteiger partial charge on any atom is -0.493 e. The number of aryl methyl sites for hydroxylation is 1. The van der Waals surface area contributed by atoms with Crippen LogP contribution in [0.2, 0.25) is 0 Å². The van der Waals surface area contributed by atoms with Crippen molar-refractivity contribution >= 4 is 22.1 Å². The van der Waals surface area contributed by atoms with Gasteiger partial charge in [0.05, 0.1) is 31.9 Å². The third-order valence-corrected chi connectivity index (χ3v) is 5.72. The van der Waals surface area contributed by atoms with Crippen LogP contribution in [0.3, 0.4) is 0 Å². The molecule has 0 aromatic heterocycles. The van der Waals surface area contributed by atoms with Gasteiger partial charge >= 0.3 is 0 Å². The van der Waals surface area contributed by atoms with Gasteiger partial charge in [0.25, 0.3) is 5.91 Å². The highest BCUT2D eigenvalue weighted by Gasteiger charge is 2.22. The van der Waals surface area contributed by atoms with Crippen molar-refractivity contribution in [1.82, 2.24) is 9.73 Å². The molecule has 2 rings (SSSR count). The Bertz CT molecular complexity index is 956. The highest BCUT2D eigenvalue weighted by atomic mass is 32.2. The second kappa shape index (κ2) is 9.34. The van der Waals surface area contributed by atoms with Crippen LogP contribution >= 0.6 is 0 Å². The van der Waals surface area contributed by atoms with E-state index >= 15 is 0 Å². The number of hydrogen-bond donors (Lipinski definition) is 1. The number of ether oxygens (including phenoxy) is 2. The number of hydrogen-bond acceptors (Lipinski definition) is 6. The molecule has 8 nitrogen and oxygen atoms in total. The van der Waals surface area contributed by atoms with Crippen molar-refractivity contribution in [3.63, 3.8) is 0 Å². The summed E-state index contributed by atoms with van der Waals surface area (Å²) >= 11 is 0. The maximum Gasteiger partial charge on any atom is 0.255 e. The van der Waals surface area contributed by atoms with Crippen molar-refractivity contribution in [3.8, 4) is 11.5 Å². The quantitative estimate of drug-likeness (QED) is 0.533. The van der Waals surface area contributed by atoms with Crippen LogP contribution < -0.4 is 14.9 Å². The summed E-state index contributed by atoms with van der Waals surface area (Å²) in [5, 5.41) is 3.85. The van der Waals surface area contributed by atoms with Gasteiger partial charge in [0.15, 0.2) is 11.5 Å². The van der Waals surface area contributed by atoms with Crippen LogP contribution in [0.15, 0.2) is 52.5 Å². The first-order valence-corrected chi connectivity index (χ1v) is 9.79. The lowest BCUT2D eigenvalue weighted by molar-refractivity contribution is -0.121. The lowest BCUT2D eigenvalue weighted by atomic mass is 10.2. The standard InChI is InChI=1S/C19H23N3O5S/c1-14-5-8-16(9-6-14)28(24,25)22(2)13-19(23)21-20-12-15-7-10-17(26-3)18(11-15)27-4/h5-12H,13H2,1-4H3,(H,21,23)/b20-12+. The van der Waals surface area contributed by atoms with Crippen molar-refractivity contribution in [2.75, 3.05) is 27.8 Å². The summed E-state index contributed by atoms with van der Waals surface area (Å²) < 4.78 is 36.3. The topological polar surface area (TPSA) is 97.3 Å². The van der Waals surface area contributed by atoms with E-state index in [1.165, 1.54) is 39.6 Å². The van der Waals surface area contributed by atoms with Crippen molar-refractivity contribution in [3.05, 3.63) is 53.6 Å². The molecule has 28 heavy (non-hydrogen) atoms. The first-order chi connectivity index (χ1) is 13.3. The van der Waals surface area contributed by atoms with Gasteiger partial charge in [0, 0.05) is 7.05 Å². The average Bonchev–Trinajstić information content (AvgIpc) is 2.68. The second-order valence-electron chi connectivity index (χ2n) is 5.98. The molecule has 0 aliphatic carbocycles. The number of hydrazone groups is 1. The minimum atomic E-state index is -3.75. The number of amides is 1. The molecule has 0 bridgehead atoms. The van der Waals surface area contributed by atoms with E-state index in [1.807, 2.05) is 6.92 Å². The Morgan fingerprint density at radius 1 is 1.11 bits per heavy atom. The average molecular weight is 405 g/mol. The van der Waals surface area contributed by atoms with Crippen LogP contribution in [0, 0.1) is 6.92 Å². The van der Waals surface area contributed by atoms with Gasteiger partial charge in [-0.05, 0) is 42.8 Å². The summed E-state index contributed by atoms with van der Waals surface area (Å²) in [7, 11) is 0.639. The van der Waals surface area contributed by atoms with Crippen LogP contribution in [0.4, 0.5) is 0 Å². The number of nitrogens with zero attached hydrogens (tertiary/aromatic N) is 2. The van der Waals surface area contributed by atoms with E-state index in [1.54, 1.807) is 30.3 Å². The second-order valence-corrected chi connectivity index (χ2v) is 8.03. The predicted octanol–water partition coefficient (Wildman–Crippen LogP) is 1.78. The molecule has 0 aliphatic rings. The molecule has 0 saturated heterocycles. The molecule has 0 atom stereocenters. The van der Waals surface area contributed by atoms with E-state index in [2.05, 4.69) is 10.5 Å². The molecule has 150 valence electrons. The van der Waals surface area contributed by atoms with E-state index < -0.39 is 15.9 Å². The number of sulfonamides is 1. The van der Waals surface area contributed by atoms with Crippen LogP contribution in [0.1, 0.15) is 11.1 Å². The number of carbonyl (C=O) groups is 1.